The largest absolute Gasteiger partial charge is 0.481 e. The summed E-state index contributed by atoms with van der Waals surface area (Å²) in [5, 5.41) is 20.2. The molecular formula is C32H50O6. The minimum absolute atomic E-state index is 0.00448. The third-order valence-electron chi connectivity index (χ3n) is 12.8. The van der Waals surface area contributed by atoms with Gasteiger partial charge in [0.05, 0.1) is 18.4 Å². The second-order valence-electron chi connectivity index (χ2n) is 15.4. The topological polar surface area (TPSA) is 101 Å². The molecular weight excluding hydrogens is 480 g/mol. The van der Waals surface area contributed by atoms with Gasteiger partial charge in [-0.1, -0.05) is 46.3 Å². The first-order valence-electron chi connectivity index (χ1n) is 14.6. The Labute approximate surface area is 229 Å². The Kier molecular flexibility index (Phi) is 6.97. The van der Waals surface area contributed by atoms with E-state index in [0.29, 0.717) is 12.5 Å². The van der Waals surface area contributed by atoms with Crippen LogP contribution in [0.5, 0.6) is 0 Å². The van der Waals surface area contributed by atoms with E-state index in [-0.39, 0.29) is 45.9 Å². The average molecular weight is 531 g/mol. The number of carboxylic acid groups (broad SMARTS) is 2. The number of esters is 1. The molecule has 0 saturated heterocycles. The number of fused-ring (bicyclic) bond motifs is 5. The van der Waals surface area contributed by atoms with E-state index in [0.717, 1.165) is 51.4 Å². The van der Waals surface area contributed by atoms with Crippen molar-refractivity contribution in [3.63, 3.8) is 0 Å². The molecule has 4 aliphatic carbocycles. The molecule has 214 valence electrons. The minimum Gasteiger partial charge on any atom is -0.481 e. The van der Waals surface area contributed by atoms with Gasteiger partial charge in [0.1, 0.15) is 0 Å². The maximum absolute atomic E-state index is 12.4. The Hall–Kier alpha value is -1.85. The van der Waals surface area contributed by atoms with Crippen molar-refractivity contribution in [1.29, 1.82) is 0 Å². The van der Waals surface area contributed by atoms with Gasteiger partial charge in [0.15, 0.2) is 0 Å². The first kappa shape index (κ1) is 29.1. The molecule has 6 heteroatoms. The Morgan fingerprint density at radius 1 is 1.00 bits per heavy atom. The van der Waals surface area contributed by atoms with Gasteiger partial charge in [0.25, 0.3) is 0 Å². The molecule has 3 saturated carbocycles. The van der Waals surface area contributed by atoms with Crippen molar-refractivity contribution >= 4 is 17.9 Å². The fraction of sp³-hybridized carbons (Fsp3) is 0.844. The summed E-state index contributed by atoms with van der Waals surface area (Å²) in [7, 11) is 0. The molecule has 0 aromatic carbocycles. The number of carbonyl (C=O) groups excluding carboxylic acids is 1. The minimum atomic E-state index is -0.997. The van der Waals surface area contributed by atoms with E-state index >= 15 is 0 Å². The Balaban J connectivity index is 1.77. The van der Waals surface area contributed by atoms with E-state index in [9.17, 15) is 24.6 Å². The van der Waals surface area contributed by atoms with E-state index in [1.165, 1.54) is 12.5 Å². The summed E-state index contributed by atoms with van der Waals surface area (Å²) in [4.78, 5) is 36.3. The normalized spacial score (nSPS) is 44.6. The number of carboxylic acids is 2. The molecule has 0 bridgehead atoms. The number of carbonyl (C=O) groups is 3. The van der Waals surface area contributed by atoms with E-state index in [4.69, 9.17) is 4.74 Å². The van der Waals surface area contributed by atoms with E-state index in [1.807, 2.05) is 0 Å². The van der Waals surface area contributed by atoms with E-state index < -0.39 is 22.8 Å². The van der Waals surface area contributed by atoms with Gasteiger partial charge in [-0.05, 0) is 105 Å². The number of rotatable bonds is 6. The highest BCUT2D eigenvalue weighted by atomic mass is 16.5. The predicted molar refractivity (Wildman–Crippen MR) is 146 cm³/mol. The number of ether oxygens (including phenoxy) is 1. The fourth-order valence-electron chi connectivity index (χ4n) is 10.1. The van der Waals surface area contributed by atoms with Crippen LogP contribution in [-0.4, -0.2) is 34.7 Å². The summed E-state index contributed by atoms with van der Waals surface area (Å²) < 4.78 is 5.53. The van der Waals surface area contributed by atoms with Crippen LogP contribution in [0.2, 0.25) is 0 Å². The molecule has 8 atom stereocenters. The van der Waals surface area contributed by atoms with Crippen LogP contribution >= 0.6 is 0 Å². The third kappa shape index (κ3) is 4.23. The second-order valence-corrected chi connectivity index (χ2v) is 15.4. The van der Waals surface area contributed by atoms with Crippen LogP contribution in [0.3, 0.4) is 0 Å². The average Bonchev–Trinajstić information content (AvgIpc) is 2.79. The van der Waals surface area contributed by atoms with Crippen LogP contribution < -0.4 is 0 Å². The predicted octanol–water partition coefficient (Wildman–Crippen LogP) is 7.12. The van der Waals surface area contributed by atoms with Crippen LogP contribution in [-0.2, 0) is 19.1 Å². The van der Waals surface area contributed by atoms with E-state index in [2.05, 4.69) is 40.7 Å². The summed E-state index contributed by atoms with van der Waals surface area (Å²) in [5.74, 6) is -1.61. The highest BCUT2D eigenvalue weighted by Gasteiger charge is 2.67. The van der Waals surface area contributed by atoms with Crippen molar-refractivity contribution in [3.8, 4) is 0 Å². The van der Waals surface area contributed by atoms with Crippen LogP contribution in [0, 0.1) is 50.2 Å². The van der Waals surface area contributed by atoms with Crippen molar-refractivity contribution in [2.24, 2.45) is 50.2 Å². The number of allylic oxidation sites excluding steroid dienone is 2. The van der Waals surface area contributed by atoms with Crippen molar-refractivity contribution < 1.29 is 29.3 Å². The lowest BCUT2D eigenvalue weighted by Crippen LogP contribution is -2.63. The molecule has 6 nitrogen and oxygen atoms in total. The quantitative estimate of drug-likeness (QED) is 0.280. The molecule has 0 aliphatic heterocycles. The van der Waals surface area contributed by atoms with Gasteiger partial charge in [0.2, 0.25) is 0 Å². The van der Waals surface area contributed by atoms with Crippen LogP contribution in [0.25, 0.3) is 0 Å². The van der Waals surface area contributed by atoms with Gasteiger partial charge in [-0.3, -0.25) is 14.4 Å². The summed E-state index contributed by atoms with van der Waals surface area (Å²) in [5.41, 5.74) is -0.0978. The second kappa shape index (κ2) is 9.09. The first-order chi connectivity index (χ1) is 17.3. The van der Waals surface area contributed by atoms with E-state index in [1.54, 1.807) is 13.8 Å². The Morgan fingerprint density at radius 2 is 1.63 bits per heavy atom. The molecule has 0 radical (unpaired) electrons. The zero-order valence-electron chi connectivity index (χ0n) is 24.9. The lowest BCUT2D eigenvalue weighted by atomic mass is 9.34. The summed E-state index contributed by atoms with van der Waals surface area (Å²) in [6, 6.07) is 0. The number of hydrogen-bond donors (Lipinski definition) is 2. The first-order valence-corrected chi connectivity index (χ1v) is 14.6. The molecule has 4 rings (SSSR count). The maximum atomic E-state index is 12.4. The standard InChI is InChI=1S/C32H50O6/c1-20(33)38-19-28(4)13-14-29(5)15-16-31(7)21(22(29)17-28)9-10-24-30(6,18-25(34)35)23(11-12-32(24,31)8)27(2,3)26(36)37/h9,22-24H,10-19H2,1-8H3,(H,34,35)(H,36,37)/t22-,23-,24+,28-,29+,30-,31+,32+/m0/s1. The molecule has 38 heavy (non-hydrogen) atoms. The third-order valence-corrected chi connectivity index (χ3v) is 12.8. The molecule has 0 aromatic heterocycles. The maximum Gasteiger partial charge on any atom is 0.309 e. The summed E-state index contributed by atoms with van der Waals surface area (Å²) in [6.45, 7) is 17.1. The van der Waals surface area contributed by atoms with Crippen LogP contribution in [0.1, 0.15) is 113 Å². The SMILES string of the molecule is CC(=O)OC[C@@]1(C)CC[C@]2(C)CC[C@]3(C)C(=CC[C@@H]4[C@@](C)(CC(=O)O)[C@H](C(C)(C)C(=O)O)CC[C@]43C)[C@@H]2C1. The van der Waals surface area contributed by atoms with Gasteiger partial charge in [-0.25, -0.2) is 0 Å². The Morgan fingerprint density at radius 3 is 2.21 bits per heavy atom. The lowest BCUT2D eigenvalue weighted by Gasteiger charge is -2.69. The van der Waals surface area contributed by atoms with Gasteiger partial charge in [-0.15, -0.1) is 0 Å². The van der Waals surface area contributed by atoms with Gasteiger partial charge in [-0.2, -0.15) is 0 Å². The molecule has 0 amide bonds. The van der Waals surface area contributed by atoms with Gasteiger partial charge >= 0.3 is 17.9 Å². The molecule has 2 N–H and O–H groups in total. The van der Waals surface area contributed by atoms with Crippen LogP contribution in [0.15, 0.2) is 11.6 Å². The van der Waals surface area contributed by atoms with Gasteiger partial charge in [0, 0.05) is 12.3 Å². The van der Waals surface area contributed by atoms with Gasteiger partial charge < -0.3 is 14.9 Å². The summed E-state index contributed by atoms with van der Waals surface area (Å²) >= 11 is 0. The smallest absolute Gasteiger partial charge is 0.309 e. The van der Waals surface area contributed by atoms with Crippen molar-refractivity contribution in [3.05, 3.63) is 11.6 Å². The number of aliphatic carboxylic acids is 2. The highest BCUT2D eigenvalue weighted by molar-refractivity contribution is 5.75. The highest BCUT2D eigenvalue weighted by Crippen LogP contribution is 2.74. The molecule has 4 aliphatic rings. The lowest BCUT2D eigenvalue weighted by molar-refractivity contribution is -0.187. The van der Waals surface area contributed by atoms with Crippen molar-refractivity contribution in [2.75, 3.05) is 6.61 Å². The van der Waals surface area contributed by atoms with Crippen LogP contribution in [0.4, 0.5) is 0 Å². The van der Waals surface area contributed by atoms with Crippen molar-refractivity contribution in [2.45, 2.75) is 113 Å². The molecule has 3 fully saturated rings. The fourth-order valence-corrected chi connectivity index (χ4v) is 10.1. The zero-order valence-corrected chi connectivity index (χ0v) is 24.9. The molecule has 0 aromatic rings. The molecule has 0 unspecified atom stereocenters. The monoisotopic (exact) mass is 530 g/mol. The molecule has 0 heterocycles. The Bertz CT molecular complexity index is 1040. The van der Waals surface area contributed by atoms with Crippen molar-refractivity contribution in [1.82, 2.24) is 0 Å². The molecule has 0 spiro atoms. The zero-order chi connectivity index (χ0) is 28.5. The number of hydrogen-bond acceptors (Lipinski definition) is 4. The summed E-state index contributed by atoms with van der Waals surface area (Å²) in [6.07, 6.45) is 10.3.